The number of rotatable bonds is 16. The van der Waals surface area contributed by atoms with Gasteiger partial charge in [0.1, 0.15) is 0 Å². The van der Waals surface area contributed by atoms with Crippen LogP contribution in [0.1, 0.15) is 90.9 Å². The van der Waals surface area contributed by atoms with Crippen LogP contribution in [0.5, 0.6) is 0 Å². The topological polar surface area (TPSA) is 0 Å². The number of unbranched alkanes of at least 4 members (excludes halogenated alkanes) is 8. The Balaban J connectivity index is 3.50. The monoisotopic (exact) mass is 322 g/mol. The van der Waals surface area contributed by atoms with Crippen molar-refractivity contribution in [3.8, 4) is 0 Å². The van der Waals surface area contributed by atoms with E-state index in [0.29, 0.717) is 0 Å². The van der Waals surface area contributed by atoms with Gasteiger partial charge in [-0.3, -0.25) is 0 Å². The highest BCUT2D eigenvalue weighted by Crippen LogP contribution is 2.09. The molecule has 0 saturated heterocycles. The predicted octanol–water partition coefficient (Wildman–Crippen LogP) is 6.90. The van der Waals surface area contributed by atoms with Crippen molar-refractivity contribution < 1.29 is 4.48 Å². The maximum absolute atomic E-state index is 2.40. The van der Waals surface area contributed by atoms with Gasteiger partial charge in [0.15, 0.2) is 0 Å². The standard InChI is InChI=1S/C22H44N/c1-5-7-9-11-13-15-17-19-21-23(3,4)22-20-18-16-14-12-10-8-6-2/h11-14H,5-10,15-22H2,1-4H3/q+1. The Morgan fingerprint density at radius 2 is 0.870 bits per heavy atom. The Labute approximate surface area is 147 Å². The summed E-state index contributed by atoms with van der Waals surface area (Å²) in [6.45, 7) is 7.18. The van der Waals surface area contributed by atoms with Crippen molar-refractivity contribution in [1.29, 1.82) is 0 Å². The summed E-state index contributed by atoms with van der Waals surface area (Å²) in [6.07, 6.45) is 25.3. The Morgan fingerprint density at radius 3 is 1.22 bits per heavy atom. The van der Waals surface area contributed by atoms with E-state index < -0.39 is 0 Å². The maximum atomic E-state index is 2.40. The van der Waals surface area contributed by atoms with Crippen molar-refractivity contribution in [2.24, 2.45) is 0 Å². The molecule has 0 aliphatic rings. The number of hydrogen-bond acceptors (Lipinski definition) is 0. The van der Waals surface area contributed by atoms with Crippen molar-refractivity contribution in [2.45, 2.75) is 90.9 Å². The Hall–Kier alpha value is -0.560. The van der Waals surface area contributed by atoms with Crippen LogP contribution in [0, 0.1) is 0 Å². The maximum Gasteiger partial charge on any atom is 0.0782 e. The zero-order valence-electron chi connectivity index (χ0n) is 16.7. The van der Waals surface area contributed by atoms with Gasteiger partial charge in [-0.1, -0.05) is 63.8 Å². The van der Waals surface area contributed by atoms with E-state index in [4.69, 9.17) is 0 Å². The number of allylic oxidation sites excluding steroid dienone is 4. The summed E-state index contributed by atoms with van der Waals surface area (Å²) in [5.41, 5.74) is 0. The molecule has 0 radical (unpaired) electrons. The van der Waals surface area contributed by atoms with E-state index >= 15 is 0 Å². The first-order chi connectivity index (χ1) is 11.1. The van der Waals surface area contributed by atoms with Crippen LogP contribution in [0.4, 0.5) is 0 Å². The highest BCUT2D eigenvalue weighted by Gasteiger charge is 2.12. The van der Waals surface area contributed by atoms with Crippen LogP contribution in [0.15, 0.2) is 24.3 Å². The smallest absolute Gasteiger partial charge is 0.0782 e. The molecule has 136 valence electrons. The van der Waals surface area contributed by atoms with Crippen molar-refractivity contribution in [1.82, 2.24) is 0 Å². The molecule has 0 aliphatic heterocycles. The van der Waals surface area contributed by atoms with Gasteiger partial charge in [-0.15, -0.1) is 0 Å². The normalized spacial score (nSPS) is 12.7. The highest BCUT2D eigenvalue weighted by molar-refractivity contribution is 4.81. The second-order valence-electron chi connectivity index (χ2n) is 7.60. The van der Waals surface area contributed by atoms with Gasteiger partial charge >= 0.3 is 0 Å². The van der Waals surface area contributed by atoms with Gasteiger partial charge in [0.25, 0.3) is 0 Å². The van der Waals surface area contributed by atoms with Crippen LogP contribution in [0.3, 0.4) is 0 Å². The number of nitrogens with zero attached hydrogens (tertiary/aromatic N) is 1. The lowest BCUT2D eigenvalue weighted by atomic mass is 10.1. The molecule has 0 aliphatic carbocycles. The first kappa shape index (κ1) is 22.4. The van der Waals surface area contributed by atoms with Crippen molar-refractivity contribution in [3.05, 3.63) is 24.3 Å². The molecule has 0 heterocycles. The second kappa shape index (κ2) is 16.3. The van der Waals surface area contributed by atoms with Gasteiger partial charge in [-0.2, -0.15) is 0 Å². The first-order valence-electron chi connectivity index (χ1n) is 10.2. The Morgan fingerprint density at radius 1 is 0.522 bits per heavy atom. The fourth-order valence-corrected chi connectivity index (χ4v) is 2.83. The molecule has 0 amide bonds. The molecule has 0 aromatic heterocycles. The van der Waals surface area contributed by atoms with Crippen LogP contribution in [-0.2, 0) is 0 Å². The van der Waals surface area contributed by atoms with Gasteiger partial charge in [-0.05, 0) is 51.4 Å². The lowest BCUT2D eigenvalue weighted by Gasteiger charge is -2.29. The summed E-state index contributed by atoms with van der Waals surface area (Å²) < 4.78 is 1.19. The fraction of sp³-hybridized carbons (Fsp3) is 0.818. The van der Waals surface area contributed by atoms with Crippen molar-refractivity contribution >= 4 is 0 Å². The second-order valence-corrected chi connectivity index (χ2v) is 7.60. The Kier molecular flexibility index (Phi) is 15.9. The molecule has 0 atom stereocenters. The van der Waals surface area contributed by atoms with Gasteiger partial charge in [0, 0.05) is 0 Å². The summed E-state index contributed by atoms with van der Waals surface area (Å²) in [5, 5.41) is 0. The molecule has 0 unspecified atom stereocenters. The van der Waals surface area contributed by atoms with Crippen LogP contribution >= 0.6 is 0 Å². The van der Waals surface area contributed by atoms with Crippen LogP contribution in [0.25, 0.3) is 0 Å². The first-order valence-corrected chi connectivity index (χ1v) is 10.2. The third-order valence-corrected chi connectivity index (χ3v) is 4.55. The molecule has 0 bridgehead atoms. The SMILES string of the molecule is CCCCC=CCCCC[N+](C)(C)CCCCC=CCCCC. The summed E-state index contributed by atoms with van der Waals surface area (Å²) in [5.74, 6) is 0. The van der Waals surface area contributed by atoms with E-state index in [1.54, 1.807) is 0 Å². The van der Waals surface area contributed by atoms with E-state index in [-0.39, 0.29) is 0 Å². The summed E-state index contributed by atoms with van der Waals surface area (Å²) >= 11 is 0. The quantitative estimate of drug-likeness (QED) is 0.165. The molecular formula is C22H44N+. The third-order valence-electron chi connectivity index (χ3n) is 4.55. The molecule has 0 rings (SSSR count). The summed E-state index contributed by atoms with van der Waals surface area (Å²) in [7, 11) is 4.79. The zero-order valence-corrected chi connectivity index (χ0v) is 16.7. The summed E-state index contributed by atoms with van der Waals surface area (Å²) in [4.78, 5) is 0. The van der Waals surface area contributed by atoms with E-state index in [9.17, 15) is 0 Å². The molecule has 0 spiro atoms. The van der Waals surface area contributed by atoms with E-state index in [2.05, 4.69) is 52.2 Å². The minimum absolute atomic E-state index is 1.19. The van der Waals surface area contributed by atoms with Gasteiger partial charge < -0.3 is 4.48 Å². The molecule has 0 saturated carbocycles. The fourth-order valence-electron chi connectivity index (χ4n) is 2.83. The van der Waals surface area contributed by atoms with Crippen LogP contribution in [-0.4, -0.2) is 31.7 Å². The average Bonchev–Trinajstić information content (AvgIpc) is 2.52. The molecule has 0 aromatic carbocycles. The molecular weight excluding hydrogens is 278 g/mol. The van der Waals surface area contributed by atoms with E-state index in [1.807, 2.05) is 0 Å². The molecule has 1 nitrogen and oxygen atoms in total. The highest BCUT2D eigenvalue weighted by atomic mass is 15.3. The van der Waals surface area contributed by atoms with Gasteiger partial charge in [0.05, 0.1) is 27.2 Å². The predicted molar refractivity (Wildman–Crippen MR) is 107 cm³/mol. The third kappa shape index (κ3) is 17.6. The van der Waals surface area contributed by atoms with Gasteiger partial charge in [-0.25, -0.2) is 0 Å². The van der Waals surface area contributed by atoms with Crippen LogP contribution in [0.2, 0.25) is 0 Å². The zero-order chi connectivity index (χ0) is 17.2. The molecule has 1 heteroatoms. The average molecular weight is 323 g/mol. The molecule has 0 N–H and O–H groups in total. The van der Waals surface area contributed by atoms with Crippen molar-refractivity contribution in [3.63, 3.8) is 0 Å². The Bertz CT molecular complexity index is 260. The van der Waals surface area contributed by atoms with Gasteiger partial charge in [0.2, 0.25) is 0 Å². The minimum Gasteiger partial charge on any atom is -0.328 e. The largest absolute Gasteiger partial charge is 0.328 e. The summed E-state index contributed by atoms with van der Waals surface area (Å²) in [6, 6.07) is 0. The van der Waals surface area contributed by atoms with Crippen LogP contribution < -0.4 is 0 Å². The lowest BCUT2D eigenvalue weighted by Crippen LogP contribution is -2.41. The molecule has 23 heavy (non-hydrogen) atoms. The van der Waals surface area contributed by atoms with E-state index in [1.165, 1.54) is 94.6 Å². The number of hydrogen-bond donors (Lipinski definition) is 0. The minimum atomic E-state index is 1.19. The lowest BCUT2D eigenvalue weighted by molar-refractivity contribution is -0.890. The molecule has 0 fully saturated rings. The molecule has 0 aromatic rings. The van der Waals surface area contributed by atoms with Crippen molar-refractivity contribution in [2.75, 3.05) is 27.2 Å². The van der Waals surface area contributed by atoms with E-state index in [0.717, 1.165) is 0 Å². The number of quaternary nitrogens is 1.